The van der Waals surface area contributed by atoms with Gasteiger partial charge in [-0.3, -0.25) is 0 Å². The van der Waals surface area contributed by atoms with E-state index in [0.29, 0.717) is 5.75 Å². The average molecular weight is 228 g/mol. The number of allylic oxidation sites excluding steroid dienone is 2. The van der Waals surface area contributed by atoms with Gasteiger partial charge in [-0.15, -0.1) is 0 Å². The van der Waals surface area contributed by atoms with Crippen molar-refractivity contribution in [3.63, 3.8) is 0 Å². The molecule has 0 saturated heterocycles. The second-order valence-electron chi connectivity index (χ2n) is 3.39. The third-order valence-corrected chi connectivity index (χ3v) is 2.14. The smallest absolute Gasteiger partial charge is 0.335 e. The third kappa shape index (κ3) is 3.45. The molecule has 17 heavy (non-hydrogen) atoms. The molecule has 0 heterocycles. The number of carbonyl (C=O) groups is 1. The fourth-order valence-electron chi connectivity index (χ4n) is 1.46. The normalized spacial score (nSPS) is 10.9. The predicted molar refractivity (Wildman–Crippen MR) is 71.7 cm³/mol. The van der Waals surface area contributed by atoms with Gasteiger partial charge in [-0.25, -0.2) is 4.79 Å². The number of hydrogen-bond donors (Lipinski definition) is 0. The first kappa shape index (κ1) is 13.0. The summed E-state index contributed by atoms with van der Waals surface area (Å²) in [6, 6.07) is 5.73. The molecule has 0 saturated carbocycles. The Morgan fingerprint density at radius 1 is 1.18 bits per heavy atom. The van der Waals surface area contributed by atoms with Crippen LogP contribution < -0.4 is 4.74 Å². The van der Waals surface area contributed by atoms with Crippen molar-refractivity contribution >= 4 is 18.1 Å². The zero-order valence-electron chi connectivity index (χ0n) is 10.1. The van der Waals surface area contributed by atoms with Gasteiger partial charge in [0.1, 0.15) is 5.75 Å². The van der Waals surface area contributed by atoms with Gasteiger partial charge in [0.25, 0.3) is 0 Å². The van der Waals surface area contributed by atoms with Crippen LogP contribution >= 0.6 is 0 Å². The molecule has 0 unspecified atom stereocenters. The van der Waals surface area contributed by atoms with Gasteiger partial charge in [0.15, 0.2) is 0 Å². The highest BCUT2D eigenvalue weighted by Crippen LogP contribution is 2.27. The molecular formula is C15H16O2. The quantitative estimate of drug-likeness (QED) is 0.444. The molecule has 1 aromatic carbocycles. The second-order valence-corrected chi connectivity index (χ2v) is 3.39. The topological polar surface area (TPSA) is 26.3 Å². The highest BCUT2D eigenvalue weighted by atomic mass is 16.5. The summed E-state index contributed by atoms with van der Waals surface area (Å²) in [6.07, 6.45) is 8.77. The minimum Gasteiger partial charge on any atom is -0.422 e. The second kappa shape index (κ2) is 6.48. The Morgan fingerprint density at radius 2 is 1.71 bits per heavy atom. The Balaban J connectivity index is 3.27. The van der Waals surface area contributed by atoms with Crippen molar-refractivity contribution in [2.45, 2.75) is 13.8 Å². The maximum absolute atomic E-state index is 11.3. The van der Waals surface area contributed by atoms with Crippen molar-refractivity contribution in [3.8, 4) is 5.75 Å². The monoisotopic (exact) mass is 228 g/mol. The number of ether oxygens (including phenoxy) is 1. The van der Waals surface area contributed by atoms with E-state index >= 15 is 0 Å². The molecular weight excluding hydrogens is 212 g/mol. The molecule has 0 aliphatic carbocycles. The number of carbonyl (C=O) groups excluding carboxylic acids is 1. The van der Waals surface area contributed by atoms with E-state index < -0.39 is 5.97 Å². The highest BCUT2D eigenvalue weighted by molar-refractivity contribution is 5.85. The van der Waals surface area contributed by atoms with Crippen LogP contribution in [0, 0.1) is 0 Å². The summed E-state index contributed by atoms with van der Waals surface area (Å²) in [6.45, 7) is 7.23. The lowest BCUT2D eigenvalue weighted by Crippen LogP contribution is -2.05. The van der Waals surface area contributed by atoms with Gasteiger partial charge in [0.2, 0.25) is 0 Å². The van der Waals surface area contributed by atoms with Crippen LogP contribution in [0.3, 0.4) is 0 Å². The number of benzene rings is 1. The van der Waals surface area contributed by atoms with Crippen molar-refractivity contribution in [1.29, 1.82) is 0 Å². The summed E-state index contributed by atoms with van der Waals surface area (Å²) in [4.78, 5) is 11.3. The molecule has 0 aliphatic heterocycles. The number of esters is 1. The van der Waals surface area contributed by atoms with Crippen molar-refractivity contribution in [2.75, 3.05) is 0 Å². The molecule has 2 heteroatoms. The summed E-state index contributed by atoms with van der Waals surface area (Å²) in [5, 5.41) is 0. The molecule has 0 fully saturated rings. The minimum absolute atomic E-state index is 0.451. The van der Waals surface area contributed by atoms with E-state index in [1.165, 1.54) is 0 Å². The molecule has 0 bridgehead atoms. The lowest BCUT2D eigenvalue weighted by atomic mass is 10.1. The van der Waals surface area contributed by atoms with Crippen molar-refractivity contribution in [3.05, 3.63) is 54.1 Å². The lowest BCUT2D eigenvalue weighted by Gasteiger charge is -2.09. The SMILES string of the molecule is C=CC(=O)Oc1c(C=CC)cccc1C=CC. The van der Waals surface area contributed by atoms with Crippen molar-refractivity contribution in [1.82, 2.24) is 0 Å². The van der Waals surface area contributed by atoms with Gasteiger partial charge >= 0.3 is 5.97 Å². The summed E-state index contributed by atoms with van der Waals surface area (Å²) in [7, 11) is 0. The Morgan fingerprint density at radius 3 is 2.12 bits per heavy atom. The van der Waals surface area contributed by atoms with E-state index in [9.17, 15) is 4.79 Å². The number of para-hydroxylation sites is 1. The number of hydrogen-bond acceptors (Lipinski definition) is 2. The Kier molecular flexibility index (Phi) is 4.95. The lowest BCUT2D eigenvalue weighted by molar-refractivity contribution is -0.128. The molecule has 0 atom stereocenters. The predicted octanol–water partition coefficient (Wildman–Crippen LogP) is 3.84. The third-order valence-electron chi connectivity index (χ3n) is 2.14. The van der Waals surface area contributed by atoms with E-state index in [1.807, 2.05) is 56.4 Å². The zero-order chi connectivity index (χ0) is 12.7. The first-order chi connectivity index (χ1) is 8.22. The Hall–Kier alpha value is -2.09. The van der Waals surface area contributed by atoms with Gasteiger partial charge in [-0.1, -0.05) is 49.1 Å². The van der Waals surface area contributed by atoms with Gasteiger partial charge in [-0.05, 0) is 13.8 Å². The van der Waals surface area contributed by atoms with Crippen molar-refractivity contribution in [2.24, 2.45) is 0 Å². The molecule has 1 aromatic rings. The van der Waals surface area contributed by atoms with Crippen LogP contribution in [0.5, 0.6) is 5.75 Å². The summed E-state index contributed by atoms with van der Waals surface area (Å²) in [5.41, 5.74) is 1.75. The first-order valence-corrected chi connectivity index (χ1v) is 5.45. The molecule has 0 radical (unpaired) electrons. The van der Waals surface area contributed by atoms with Crippen LogP contribution in [0.25, 0.3) is 12.2 Å². The van der Waals surface area contributed by atoms with Crippen LogP contribution in [-0.4, -0.2) is 5.97 Å². The van der Waals surface area contributed by atoms with E-state index in [4.69, 9.17) is 4.74 Å². The fourth-order valence-corrected chi connectivity index (χ4v) is 1.46. The van der Waals surface area contributed by atoms with Gasteiger partial charge < -0.3 is 4.74 Å². The maximum atomic E-state index is 11.3. The summed E-state index contributed by atoms with van der Waals surface area (Å²) < 4.78 is 5.27. The molecule has 1 rings (SSSR count). The molecule has 0 aromatic heterocycles. The highest BCUT2D eigenvalue weighted by Gasteiger charge is 2.08. The standard InChI is InChI=1S/C15H16O2/c1-4-8-12-10-7-11-13(9-5-2)15(12)17-14(16)6-3/h4-11H,3H2,1-2H3. The van der Waals surface area contributed by atoms with Gasteiger partial charge in [0, 0.05) is 17.2 Å². The van der Waals surface area contributed by atoms with Gasteiger partial charge in [0.05, 0.1) is 0 Å². The van der Waals surface area contributed by atoms with Gasteiger partial charge in [-0.2, -0.15) is 0 Å². The minimum atomic E-state index is -0.451. The largest absolute Gasteiger partial charge is 0.422 e. The fraction of sp³-hybridized carbons (Fsp3) is 0.133. The Bertz CT molecular complexity index is 438. The van der Waals surface area contributed by atoms with Crippen LogP contribution in [0.1, 0.15) is 25.0 Å². The number of rotatable bonds is 4. The summed E-state index contributed by atoms with van der Waals surface area (Å²) in [5.74, 6) is 0.112. The van der Waals surface area contributed by atoms with Crippen LogP contribution in [0.4, 0.5) is 0 Å². The van der Waals surface area contributed by atoms with Crippen molar-refractivity contribution < 1.29 is 9.53 Å². The summed E-state index contributed by atoms with van der Waals surface area (Å²) >= 11 is 0. The average Bonchev–Trinajstić information content (AvgIpc) is 2.33. The van der Waals surface area contributed by atoms with E-state index in [-0.39, 0.29) is 0 Å². The zero-order valence-corrected chi connectivity index (χ0v) is 10.1. The first-order valence-electron chi connectivity index (χ1n) is 5.45. The van der Waals surface area contributed by atoms with Crippen LogP contribution in [-0.2, 0) is 4.79 Å². The molecule has 0 aliphatic rings. The molecule has 88 valence electrons. The van der Waals surface area contributed by atoms with E-state index in [0.717, 1.165) is 17.2 Å². The van der Waals surface area contributed by atoms with Crippen LogP contribution in [0.15, 0.2) is 43.0 Å². The molecule has 2 nitrogen and oxygen atoms in total. The maximum Gasteiger partial charge on any atom is 0.335 e. The van der Waals surface area contributed by atoms with Crippen LogP contribution in [0.2, 0.25) is 0 Å². The van der Waals surface area contributed by atoms with E-state index in [1.54, 1.807) is 0 Å². The Labute approximate surface area is 102 Å². The molecule has 0 N–H and O–H groups in total. The van der Waals surface area contributed by atoms with E-state index in [2.05, 4.69) is 6.58 Å². The molecule has 0 spiro atoms. The molecule has 0 amide bonds.